The highest BCUT2D eigenvalue weighted by molar-refractivity contribution is 5.89. The van der Waals surface area contributed by atoms with Gasteiger partial charge in [0, 0.05) is 50.0 Å². The number of nitro groups is 1. The third kappa shape index (κ3) is 5.04. The molecule has 0 unspecified atom stereocenters. The van der Waals surface area contributed by atoms with E-state index in [1.54, 1.807) is 24.0 Å². The molecule has 1 aliphatic rings. The lowest BCUT2D eigenvalue weighted by Gasteiger charge is -2.34. The number of rotatable bonds is 5. The molecule has 142 valence electrons. The Kier molecular flexibility index (Phi) is 6.03. The van der Waals surface area contributed by atoms with Crippen molar-refractivity contribution in [3.05, 3.63) is 69.8 Å². The predicted molar refractivity (Wildman–Crippen MR) is 105 cm³/mol. The Balaban J connectivity index is 1.47. The van der Waals surface area contributed by atoms with Crippen LogP contribution < -0.4 is 5.32 Å². The summed E-state index contributed by atoms with van der Waals surface area (Å²) in [5.41, 5.74) is 2.49. The first-order chi connectivity index (χ1) is 13.0. The lowest BCUT2D eigenvalue weighted by molar-refractivity contribution is -0.385. The van der Waals surface area contributed by atoms with Gasteiger partial charge in [0.1, 0.15) is 0 Å². The average molecular weight is 368 g/mol. The zero-order valence-electron chi connectivity index (χ0n) is 15.4. The van der Waals surface area contributed by atoms with Gasteiger partial charge in [-0.05, 0) is 31.0 Å². The molecule has 2 amide bonds. The third-order valence-electron chi connectivity index (χ3n) is 4.86. The molecule has 0 radical (unpaired) electrons. The fourth-order valence-electron chi connectivity index (χ4n) is 3.25. The summed E-state index contributed by atoms with van der Waals surface area (Å²) >= 11 is 0. The second-order valence-electron chi connectivity index (χ2n) is 6.75. The van der Waals surface area contributed by atoms with E-state index < -0.39 is 4.92 Å². The number of amides is 2. The van der Waals surface area contributed by atoms with Gasteiger partial charge >= 0.3 is 6.03 Å². The summed E-state index contributed by atoms with van der Waals surface area (Å²) in [6, 6.07) is 14.9. The molecule has 0 saturated carbocycles. The molecular formula is C20H24N4O3. The quantitative estimate of drug-likeness (QED) is 0.649. The van der Waals surface area contributed by atoms with Crippen LogP contribution in [0.3, 0.4) is 0 Å². The van der Waals surface area contributed by atoms with E-state index in [2.05, 4.69) is 34.5 Å². The van der Waals surface area contributed by atoms with E-state index in [1.165, 1.54) is 11.6 Å². The average Bonchev–Trinajstić information content (AvgIpc) is 2.67. The number of benzene rings is 2. The number of nitrogens with one attached hydrogen (secondary N) is 1. The number of nitro benzene ring substituents is 1. The molecule has 0 atom stereocenters. The number of hydrogen-bond donors (Lipinski definition) is 1. The van der Waals surface area contributed by atoms with E-state index in [0.717, 1.165) is 26.1 Å². The van der Waals surface area contributed by atoms with Gasteiger partial charge in [0.05, 0.1) is 4.92 Å². The van der Waals surface area contributed by atoms with Crippen molar-refractivity contribution in [2.24, 2.45) is 0 Å². The second-order valence-corrected chi connectivity index (χ2v) is 6.75. The summed E-state index contributed by atoms with van der Waals surface area (Å²) in [5.74, 6) is 0. The minimum Gasteiger partial charge on any atom is -0.322 e. The van der Waals surface area contributed by atoms with Crippen LogP contribution in [-0.4, -0.2) is 53.5 Å². The van der Waals surface area contributed by atoms with Crippen LogP contribution in [0.4, 0.5) is 16.2 Å². The number of carbonyl (C=O) groups is 1. The van der Waals surface area contributed by atoms with Gasteiger partial charge < -0.3 is 10.2 Å². The van der Waals surface area contributed by atoms with Crippen LogP contribution in [0, 0.1) is 17.0 Å². The van der Waals surface area contributed by atoms with Crippen LogP contribution in [0.2, 0.25) is 0 Å². The van der Waals surface area contributed by atoms with Crippen LogP contribution in [0.5, 0.6) is 0 Å². The summed E-state index contributed by atoms with van der Waals surface area (Å²) in [5, 5.41) is 13.7. The van der Waals surface area contributed by atoms with Gasteiger partial charge in [0.25, 0.3) is 5.69 Å². The van der Waals surface area contributed by atoms with Crippen LogP contribution in [-0.2, 0) is 6.42 Å². The van der Waals surface area contributed by atoms with E-state index in [1.807, 2.05) is 6.07 Å². The van der Waals surface area contributed by atoms with Crippen molar-refractivity contribution in [3.8, 4) is 0 Å². The van der Waals surface area contributed by atoms with Crippen molar-refractivity contribution in [1.82, 2.24) is 9.80 Å². The molecular weight excluding hydrogens is 344 g/mol. The molecule has 1 fully saturated rings. The predicted octanol–water partition coefficient (Wildman–Crippen LogP) is 3.30. The molecule has 0 spiro atoms. The number of hydrogen-bond acceptors (Lipinski definition) is 4. The Morgan fingerprint density at radius 1 is 1.11 bits per heavy atom. The molecule has 1 aliphatic heterocycles. The second kappa shape index (κ2) is 8.64. The van der Waals surface area contributed by atoms with E-state index in [-0.39, 0.29) is 11.7 Å². The highest BCUT2D eigenvalue weighted by Gasteiger charge is 2.21. The van der Waals surface area contributed by atoms with E-state index >= 15 is 0 Å². The van der Waals surface area contributed by atoms with Crippen molar-refractivity contribution in [3.63, 3.8) is 0 Å². The summed E-state index contributed by atoms with van der Waals surface area (Å²) in [6.07, 6.45) is 1.01. The molecule has 0 bridgehead atoms. The van der Waals surface area contributed by atoms with Crippen LogP contribution in [0.25, 0.3) is 0 Å². The highest BCUT2D eigenvalue weighted by atomic mass is 16.6. The molecule has 7 nitrogen and oxygen atoms in total. The molecule has 7 heteroatoms. The Bertz CT molecular complexity index is 802. The maximum Gasteiger partial charge on any atom is 0.321 e. The van der Waals surface area contributed by atoms with Crippen molar-refractivity contribution in [2.45, 2.75) is 13.3 Å². The fraction of sp³-hybridized carbons (Fsp3) is 0.350. The molecule has 3 rings (SSSR count). The molecule has 1 heterocycles. The van der Waals surface area contributed by atoms with Gasteiger partial charge in [-0.15, -0.1) is 0 Å². The molecule has 27 heavy (non-hydrogen) atoms. The van der Waals surface area contributed by atoms with Gasteiger partial charge in [0.2, 0.25) is 0 Å². The van der Waals surface area contributed by atoms with E-state index in [9.17, 15) is 14.9 Å². The summed E-state index contributed by atoms with van der Waals surface area (Å²) < 4.78 is 0. The minimum absolute atomic E-state index is 0.0556. The third-order valence-corrected chi connectivity index (χ3v) is 4.86. The number of nitrogens with zero attached hydrogens (tertiary/aromatic N) is 3. The zero-order valence-corrected chi connectivity index (χ0v) is 15.4. The standard InChI is InChI=1S/C20H24N4O3/c1-16-15-18(7-8-19(16)24(26)27)21-20(25)23-13-11-22(12-14-23)10-9-17-5-3-2-4-6-17/h2-8,15H,9-14H2,1H3,(H,21,25). The molecule has 2 aromatic rings. The summed E-state index contributed by atoms with van der Waals surface area (Å²) in [6.45, 7) is 5.69. The fourth-order valence-corrected chi connectivity index (χ4v) is 3.25. The number of carbonyl (C=O) groups excluding carboxylic acids is 1. The van der Waals surface area contributed by atoms with E-state index in [4.69, 9.17) is 0 Å². The lowest BCUT2D eigenvalue weighted by Crippen LogP contribution is -2.50. The van der Waals surface area contributed by atoms with Crippen molar-refractivity contribution < 1.29 is 9.72 Å². The molecule has 1 saturated heterocycles. The number of urea groups is 1. The van der Waals surface area contributed by atoms with Crippen molar-refractivity contribution >= 4 is 17.4 Å². The largest absolute Gasteiger partial charge is 0.322 e. The number of piperazine rings is 1. The number of anilines is 1. The first kappa shape index (κ1) is 18.8. The highest BCUT2D eigenvalue weighted by Crippen LogP contribution is 2.22. The topological polar surface area (TPSA) is 78.7 Å². The summed E-state index contributed by atoms with van der Waals surface area (Å²) in [4.78, 5) is 27.1. The monoisotopic (exact) mass is 368 g/mol. The molecule has 0 aliphatic carbocycles. The maximum atomic E-state index is 12.4. The Morgan fingerprint density at radius 2 is 1.81 bits per heavy atom. The van der Waals surface area contributed by atoms with Crippen molar-refractivity contribution in [2.75, 3.05) is 38.0 Å². The Morgan fingerprint density at radius 3 is 2.44 bits per heavy atom. The van der Waals surface area contributed by atoms with E-state index in [0.29, 0.717) is 24.3 Å². The first-order valence-electron chi connectivity index (χ1n) is 9.10. The van der Waals surface area contributed by atoms with Crippen molar-refractivity contribution in [1.29, 1.82) is 0 Å². The maximum absolute atomic E-state index is 12.4. The van der Waals surface area contributed by atoms with Gasteiger partial charge in [-0.25, -0.2) is 4.79 Å². The Labute approximate surface area is 158 Å². The molecule has 0 aromatic heterocycles. The minimum atomic E-state index is -0.421. The van der Waals surface area contributed by atoms with Crippen LogP contribution in [0.15, 0.2) is 48.5 Å². The van der Waals surface area contributed by atoms with Gasteiger partial charge in [-0.3, -0.25) is 15.0 Å². The normalized spacial score (nSPS) is 14.8. The molecule has 2 aromatic carbocycles. The molecule has 1 N–H and O–H groups in total. The number of aryl methyl sites for hydroxylation is 1. The SMILES string of the molecule is Cc1cc(NC(=O)N2CCN(CCc3ccccc3)CC2)ccc1[N+](=O)[O-]. The van der Waals surface area contributed by atoms with Gasteiger partial charge in [0.15, 0.2) is 0 Å². The zero-order chi connectivity index (χ0) is 19.2. The smallest absolute Gasteiger partial charge is 0.321 e. The first-order valence-corrected chi connectivity index (χ1v) is 9.10. The van der Waals surface area contributed by atoms with Gasteiger partial charge in [-0.1, -0.05) is 30.3 Å². The Hall–Kier alpha value is -2.93. The van der Waals surface area contributed by atoms with Crippen LogP contribution >= 0.6 is 0 Å². The van der Waals surface area contributed by atoms with Crippen LogP contribution in [0.1, 0.15) is 11.1 Å². The van der Waals surface area contributed by atoms with Gasteiger partial charge in [-0.2, -0.15) is 0 Å². The summed E-state index contributed by atoms with van der Waals surface area (Å²) in [7, 11) is 0. The lowest BCUT2D eigenvalue weighted by atomic mass is 10.1.